The minimum absolute atomic E-state index is 0.488. The Balaban J connectivity index is 4.12. The molecule has 1 atom stereocenters. The summed E-state index contributed by atoms with van der Waals surface area (Å²) in [6.45, 7) is 2.50. The Labute approximate surface area is 60.9 Å². The lowest BCUT2D eigenvalue weighted by atomic mass is 10.4. The van der Waals surface area contributed by atoms with Gasteiger partial charge in [-0.1, -0.05) is 6.92 Å². The van der Waals surface area contributed by atoms with Gasteiger partial charge in [0.1, 0.15) is 0 Å². The second-order valence-electron chi connectivity index (χ2n) is 1.96. The predicted molar refractivity (Wildman–Crippen MR) is 36.8 cm³/mol. The van der Waals surface area contributed by atoms with E-state index >= 15 is 0 Å². The van der Waals surface area contributed by atoms with Gasteiger partial charge in [-0.15, -0.1) is 0 Å². The van der Waals surface area contributed by atoms with Crippen LogP contribution in [0.2, 0.25) is 0 Å². The van der Waals surface area contributed by atoms with Crippen LogP contribution in [-0.2, 0) is 14.3 Å². The van der Waals surface area contributed by atoms with E-state index in [1.54, 1.807) is 6.92 Å². The Morgan fingerprint density at radius 2 is 2.10 bits per heavy atom. The highest BCUT2D eigenvalue weighted by Gasteiger charge is 2.18. The summed E-state index contributed by atoms with van der Waals surface area (Å²) in [5.41, 5.74) is 0. The van der Waals surface area contributed by atoms with Crippen molar-refractivity contribution in [3.63, 3.8) is 0 Å². The van der Waals surface area contributed by atoms with Crippen LogP contribution in [0.5, 0.6) is 0 Å². The van der Waals surface area contributed by atoms with Crippen molar-refractivity contribution in [2.45, 2.75) is 25.5 Å². The molecule has 0 radical (unpaired) electrons. The van der Waals surface area contributed by atoms with Crippen molar-refractivity contribution >= 4 is 10.1 Å². The molecule has 0 aliphatic carbocycles. The van der Waals surface area contributed by atoms with Crippen LogP contribution in [0.25, 0.3) is 0 Å². The van der Waals surface area contributed by atoms with E-state index < -0.39 is 22.2 Å². The maximum Gasteiger partial charge on any atom is 0.272 e. The van der Waals surface area contributed by atoms with E-state index in [9.17, 15) is 8.42 Å². The highest BCUT2D eigenvalue weighted by atomic mass is 32.2. The molecule has 0 fully saturated rings. The van der Waals surface area contributed by atoms with Crippen molar-refractivity contribution in [2.75, 3.05) is 6.79 Å². The zero-order valence-electron chi connectivity index (χ0n) is 6.07. The lowest BCUT2D eigenvalue weighted by Crippen LogP contribution is -2.19. The minimum atomic E-state index is -3.51. The molecule has 0 aromatic rings. The van der Waals surface area contributed by atoms with Gasteiger partial charge in [-0.3, -0.25) is 0 Å². The molecule has 0 aromatic carbocycles. The van der Waals surface area contributed by atoms with Crippen molar-refractivity contribution in [3.8, 4) is 0 Å². The molecule has 0 bridgehead atoms. The van der Waals surface area contributed by atoms with Crippen LogP contribution in [0, 0.1) is 0 Å². The number of rotatable bonds is 4. The Morgan fingerprint density at radius 3 is 2.40 bits per heavy atom. The Morgan fingerprint density at radius 1 is 1.60 bits per heavy atom. The predicted octanol–water partition coefficient (Wildman–Crippen LogP) is 0.0811. The van der Waals surface area contributed by atoms with Crippen molar-refractivity contribution < 1.29 is 17.7 Å². The highest BCUT2D eigenvalue weighted by molar-refractivity contribution is 7.87. The summed E-state index contributed by atoms with van der Waals surface area (Å²) < 4.78 is 25.7. The molecular formula is C5H12O4S. The largest absolute Gasteiger partial charge is 0.369 e. The average molecular weight is 168 g/mol. The molecule has 4 nitrogen and oxygen atoms in total. The Hall–Kier alpha value is -0.130. The number of aliphatic hydroxyl groups is 1. The molecule has 1 unspecified atom stereocenters. The van der Waals surface area contributed by atoms with Crippen LogP contribution in [0.15, 0.2) is 0 Å². The van der Waals surface area contributed by atoms with Gasteiger partial charge in [0, 0.05) is 0 Å². The topological polar surface area (TPSA) is 63.6 Å². The zero-order valence-corrected chi connectivity index (χ0v) is 6.89. The third-order valence-corrected chi connectivity index (χ3v) is 3.04. The van der Waals surface area contributed by atoms with E-state index in [2.05, 4.69) is 4.18 Å². The standard InChI is InChI=1S/C5H12O4S/c1-3-5(2)10(7,8)9-4-6/h5-6H,3-4H2,1-2H3. The first-order valence-electron chi connectivity index (χ1n) is 3.03. The second kappa shape index (κ2) is 3.90. The average Bonchev–Trinajstić information content (AvgIpc) is 1.86. The SMILES string of the molecule is CCC(C)S(=O)(=O)OCO. The van der Waals surface area contributed by atoms with Crippen molar-refractivity contribution in [1.82, 2.24) is 0 Å². The number of aliphatic hydroxyl groups excluding tert-OH is 1. The lowest BCUT2D eigenvalue weighted by Gasteiger charge is -2.07. The lowest BCUT2D eigenvalue weighted by molar-refractivity contribution is 0.103. The van der Waals surface area contributed by atoms with E-state index in [0.717, 1.165) is 0 Å². The quantitative estimate of drug-likeness (QED) is 0.477. The van der Waals surface area contributed by atoms with Crippen LogP contribution in [0.1, 0.15) is 20.3 Å². The molecule has 0 rings (SSSR count). The summed E-state index contributed by atoms with van der Waals surface area (Å²) in [6, 6.07) is 0. The first-order chi connectivity index (χ1) is 4.54. The maximum absolute atomic E-state index is 10.8. The van der Waals surface area contributed by atoms with Crippen LogP contribution in [0.3, 0.4) is 0 Å². The van der Waals surface area contributed by atoms with Gasteiger partial charge in [0.2, 0.25) is 0 Å². The molecule has 0 heterocycles. The molecule has 0 saturated heterocycles. The Kier molecular flexibility index (Phi) is 3.85. The van der Waals surface area contributed by atoms with Gasteiger partial charge in [0.15, 0.2) is 6.79 Å². The smallest absolute Gasteiger partial charge is 0.272 e. The molecule has 0 amide bonds. The highest BCUT2D eigenvalue weighted by Crippen LogP contribution is 2.05. The van der Waals surface area contributed by atoms with Crippen molar-refractivity contribution in [3.05, 3.63) is 0 Å². The fourth-order valence-corrected chi connectivity index (χ4v) is 1.18. The number of hydrogen-bond donors (Lipinski definition) is 1. The molecule has 0 spiro atoms. The zero-order chi connectivity index (χ0) is 8.20. The molecule has 10 heavy (non-hydrogen) atoms. The normalized spacial score (nSPS) is 15.1. The summed E-state index contributed by atoms with van der Waals surface area (Å²) >= 11 is 0. The number of hydrogen-bond acceptors (Lipinski definition) is 4. The maximum atomic E-state index is 10.8. The summed E-state index contributed by atoms with van der Waals surface area (Å²) in [4.78, 5) is 0. The van der Waals surface area contributed by atoms with Gasteiger partial charge in [-0.05, 0) is 13.3 Å². The van der Waals surface area contributed by atoms with Crippen molar-refractivity contribution in [1.29, 1.82) is 0 Å². The first kappa shape index (κ1) is 9.87. The summed E-state index contributed by atoms with van der Waals surface area (Å²) in [7, 11) is -3.51. The molecule has 0 aromatic heterocycles. The van der Waals surface area contributed by atoms with Gasteiger partial charge < -0.3 is 5.11 Å². The van der Waals surface area contributed by atoms with Crippen molar-refractivity contribution in [2.24, 2.45) is 0 Å². The molecule has 5 heteroatoms. The van der Waals surface area contributed by atoms with Gasteiger partial charge in [-0.2, -0.15) is 8.42 Å². The fraction of sp³-hybridized carbons (Fsp3) is 1.00. The van der Waals surface area contributed by atoms with E-state index in [4.69, 9.17) is 5.11 Å². The first-order valence-corrected chi connectivity index (χ1v) is 4.50. The minimum Gasteiger partial charge on any atom is -0.369 e. The third kappa shape index (κ3) is 2.64. The van der Waals surface area contributed by atoms with Gasteiger partial charge >= 0.3 is 0 Å². The molecule has 0 saturated carbocycles. The monoisotopic (exact) mass is 168 g/mol. The van der Waals surface area contributed by atoms with E-state index in [0.29, 0.717) is 6.42 Å². The van der Waals surface area contributed by atoms with E-state index in [1.807, 2.05) is 0 Å². The fourth-order valence-electron chi connectivity index (χ4n) is 0.394. The molecule has 0 aliphatic rings. The van der Waals surface area contributed by atoms with Gasteiger partial charge in [0.25, 0.3) is 10.1 Å². The van der Waals surface area contributed by atoms with Gasteiger partial charge in [-0.25, -0.2) is 4.18 Å². The molecule has 0 aliphatic heterocycles. The van der Waals surface area contributed by atoms with Gasteiger partial charge in [0.05, 0.1) is 5.25 Å². The van der Waals surface area contributed by atoms with E-state index in [1.165, 1.54) is 6.92 Å². The summed E-state index contributed by atoms with van der Waals surface area (Å²) in [5, 5.41) is 7.60. The summed E-state index contributed by atoms with van der Waals surface area (Å²) in [5.74, 6) is 0. The van der Waals surface area contributed by atoms with Crippen LogP contribution in [-0.4, -0.2) is 25.6 Å². The second-order valence-corrected chi connectivity index (χ2v) is 3.98. The van der Waals surface area contributed by atoms with Crippen LogP contribution in [0.4, 0.5) is 0 Å². The van der Waals surface area contributed by atoms with E-state index in [-0.39, 0.29) is 0 Å². The Bertz CT molecular complexity index is 172. The summed E-state index contributed by atoms with van der Waals surface area (Å²) in [6.07, 6.45) is 0.488. The van der Waals surface area contributed by atoms with Crippen LogP contribution < -0.4 is 0 Å². The molecule has 62 valence electrons. The molecule has 1 N–H and O–H groups in total. The van der Waals surface area contributed by atoms with Crippen LogP contribution >= 0.6 is 0 Å². The third-order valence-electron chi connectivity index (χ3n) is 1.28. The molecular weight excluding hydrogens is 156 g/mol.